The smallest absolute Gasteiger partial charge is 0.277 e. The Hall–Kier alpha value is -1.39. The first kappa shape index (κ1) is 13.1. The number of hydrogen-bond donors (Lipinski definition) is 1. The molecule has 4 heteroatoms. The molecule has 0 unspecified atom stereocenters. The summed E-state index contributed by atoms with van der Waals surface area (Å²) in [6, 6.07) is 4.00. The summed E-state index contributed by atoms with van der Waals surface area (Å²) in [7, 11) is -4.17. The average Bonchev–Trinajstić information content (AvgIpc) is 2.45. The fraction of sp³-hybridized carbons (Fsp3) is 0.286. The minimum absolute atomic E-state index is 0.999. The molecule has 1 aliphatic carbocycles. The van der Waals surface area contributed by atoms with Crippen molar-refractivity contribution in [2.24, 2.45) is 0 Å². The number of fused-ring (bicyclic) bond motifs is 1. The highest BCUT2D eigenvalue weighted by molar-refractivity contribution is 7.87. The second-order valence-corrected chi connectivity index (χ2v) is 6.68. The summed E-state index contributed by atoms with van der Waals surface area (Å²) in [6.07, 6.45) is 6.59. The van der Waals surface area contributed by atoms with E-state index < -0.39 is 14.9 Å². The van der Waals surface area contributed by atoms with E-state index in [1.54, 1.807) is 12.2 Å². The van der Waals surface area contributed by atoms with Gasteiger partial charge in [0.15, 0.2) is 0 Å². The van der Waals surface area contributed by atoms with Crippen molar-refractivity contribution in [1.82, 2.24) is 0 Å². The van der Waals surface area contributed by atoms with Gasteiger partial charge in [-0.1, -0.05) is 36.4 Å². The Labute approximate surface area is 108 Å². The molecule has 2 rings (SSSR count). The molecule has 0 amide bonds. The number of aryl methyl sites for hydroxylation is 2. The van der Waals surface area contributed by atoms with Crippen LogP contribution in [-0.2, 0) is 10.1 Å². The molecule has 0 spiro atoms. The van der Waals surface area contributed by atoms with Crippen molar-refractivity contribution >= 4 is 22.3 Å². The summed E-state index contributed by atoms with van der Waals surface area (Å²) in [5, 5.41) is 0. The van der Waals surface area contributed by atoms with E-state index in [0.717, 1.165) is 22.3 Å². The molecule has 18 heavy (non-hydrogen) atoms. The summed E-state index contributed by atoms with van der Waals surface area (Å²) >= 11 is 0. The fourth-order valence-electron chi connectivity index (χ4n) is 2.02. The zero-order chi connectivity index (χ0) is 13.6. The van der Waals surface area contributed by atoms with Crippen LogP contribution in [0.25, 0.3) is 12.2 Å². The maximum absolute atomic E-state index is 11.4. The molecule has 96 valence electrons. The molecular formula is C14H16O3S. The third-order valence-corrected chi connectivity index (χ3v) is 4.82. The zero-order valence-corrected chi connectivity index (χ0v) is 11.5. The van der Waals surface area contributed by atoms with Crippen molar-refractivity contribution in [2.75, 3.05) is 0 Å². The third-order valence-electron chi connectivity index (χ3n) is 3.44. The fourth-order valence-corrected chi connectivity index (χ4v) is 2.50. The van der Waals surface area contributed by atoms with Crippen molar-refractivity contribution in [3.8, 4) is 0 Å². The van der Waals surface area contributed by atoms with Gasteiger partial charge < -0.3 is 0 Å². The molecule has 0 saturated heterocycles. The lowest BCUT2D eigenvalue weighted by molar-refractivity contribution is 0.466. The molecule has 0 fully saturated rings. The minimum Gasteiger partial charge on any atom is -0.285 e. The predicted molar refractivity (Wildman–Crippen MR) is 73.9 cm³/mol. The molecule has 0 heterocycles. The Kier molecular flexibility index (Phi) is 2.95. The van der Waals surface area contributed by atoms with Gasteiger partial charge in [0.1, 0.15) is 4.75 Å². The largest absolute Gasteiger partial charge is 0.285 e. The molecular weight excluding hydrogens is 248 g/mol. The van der Waals surface area contributed by atoms with Crippen LogP contribution in [0.2, 0.25) is 0 Å². The van der Waals surface area contributed by atoms with Gasteiger partial charge in [-0.15, -0.1) is 0 Å². The van der Waals surface area contributed by atoms with Gasteiger partial charge in [-0.3, -0.25) is 4.55 Å². The van der Waals surface area contributed by atoms with E-state index in [1.165, 1.54) is 19.1 Å². The molecule has 1 aromatic carbocycles. The van der Waals surface area contributed by atoms with Gasteiger partial charge in [-0.2, -0.15) is 8.42 Å². The average molecular weight is 264 g/mol. The first-order chi connectivity index (χ1) is 8.24. The standard InChI is InChI=1S/C14H16O3S/c1-10-4-5-11(2)13-7-9-14(3,18(15,16)17)8-6-12(10)13/h4-9H,1-3H3,(H,15,16,17). The van der Waals surface area contributed by atoms with Crippen molar-refractivity contribution in [1.29, 1.82) is 0 Å². The lowest BCUT2D eigenvalue weighted by atomic mass is 9.97. The summed E-state index contributed by atoms with van der Waals surface area (Å²) in [5.41, 5.74) is 4.16. The third kappa shape index (κ3) is 2.02. The highest BCUT2D eigenvalue weighted by Crippen LogP contribution is 2.30. The molecule has 0 aromatic heterocycles. The van der Waals surface area contributed by atoms with Crippen molar-refractivity contribution in [3.63, 3.8) is 0 Å². The Morgan fingerprint density at radius 1 is 1.00 bits per heavy atom. The van der Waals surface area contributed by atoms with Crippen LogP contribution in [-0.4, -0.2) is 17.7 Å². The Morgan fingerprint density at radius 3 is 1.72 bits per heavy atom. The monoisotopic (exact) mass is 264 g/mol. The number of hydrogen-bond acceptors (Lipinski definition) is 2. The highest BCUT2D eigenvalue weighted by atomic mass is 32.2. The van der Waals surface area contributed by atoms with E-state index in [9.17, 15) is 13.0 Å². The normalized spacial score (nSPS) is 17.3. The summed E-state index contributed by atoms with van der Waals surface area (Å²) in [5.74, 6) is 0. The Balaban J connectivity index is 2.69. The molecule has 0 bridgehead atoms. The summed E-state index contributed by atoms with van der Waals surface area (Å²) in [6.45, 7) is 5.44. The molecule has 0 saturated carbocycles. The van der Waals surface area contributed by atoms with E-state index in [1.807, 2.05) is 26.0 Å². The van der Waals surface area contributed by atoms with Gasteiger partial charge in [-0.05, 0) is 43.0 Å². The van der Waals surface area contributed by atoms with Gasteiger partial charge in [0, 0.05) is 0 Å². The van der Waals surface area contributed by atoms with Gasteiger partial charge in [0.25, 0.3) is 10.1 Å². The van der Waals surface area contributed by atoms with Crippen LogP contribution in [0.5, 0.6) is 0 Å². The summed E-state index contributed by atoms with van der Waals surface area (Å²) in [4.78, 5) is 0. The van der Waals surface area contributed by atoms with Gasteiger partial charge >= 0.3 is 0 Å². The summed E-state index contributed by atoms with van der Waals surface area (Å²) < 4.78 is 30.8. The molecule has 0 aliphatic heterocycles. The van der Waals surface area contributed by atoms with E-state index in [2.05, 4.69) is 0 Å². The highest BCUT2D eigenvalue weighted by Gasteiger charge is 2.33. The van der Waals surface area contributed by atoms with Gasteiger partial charge in [0.2, 0.25) is 0 Å². The molecule has 3 nitrogen and oxygen atoms in total. The SMILES string of the molecule is Cc1ccc(C)c2c1C=CC(C)(S(=O)(=O)O)C=C2. The number of benzene rings is 1. The van der Waals surface area contributed by atoms with Crippen LogP contribution in [0.1, 0.15) is 29.2 Å². The van der Waals surface area contributed by atoms with Crippen LogP contribution < -0.4 is 0 Å². The second-order valence-electron chi connectivity index (χ2n) is 4.85. The first-order valence-corrected chi connectivity index (χ1v) is 7.14. The van der Waals surface area contributed by atoms with Crippen molar-refractivity contribution in [3.05, 3.63) is 46.5 Å². The molecule has 1 N–H and O–H groups in total. The maximum atomic E-state index is 11.4. The minimum atomic E-state index is -4.17. The Morgan fingerprint density at radius 2 is 1.39 bits per heavy atom. The van der Waals surface area contributed by atoms with Gasteiger partial charge in [-0.25, -0.2) is 0 Å². The van der Waals surface area contributed by atoms with E-state index in [4.69, 9.17) is 0 Å². The lowest BCUT2D eigenvalue weighted by Crippen LogP contribution is -2.29. The Bertz CT molecular complexity index is 613. The topological polar surface area (TPSA) is 54.4 Å². The second kappa shape index (κ2) is 4.07. The van der Waals surface area contributed by atoms with E-state index in [0.29, 0.717) is 0 Å². The maximum Gasteiger partial charge on any atom is 0.277 e. The van der Waals surface area contributed by atoms with Crippen LogP contribution in [0.4, 0.5) is 0 Å². The predicted octanol–water partition coefficient (Wildman–Crippen LogP) is 2.99. The quantitative estimate of drug-likeness (QED) is 0.793. The zero-order valence-electron chi connectivity index (χ0n) is 10.6. The van der Waals surface area contributed by atoms with Gasteiger partial charge in [0.05, 0.1) is 0 Å². The van der Waals surface area contributed by atoms with Crippen LogP contribution in [0.15, 0.2) is 24.3 Å². The van der Waals surface area contributed by atoms with Crippen molar-refractivity contribution < 1.29 is 13.0 Å². The lowest BCUT2D eigenvalue weighted by Gasteiger charge is -2.16. The van der Waals surface area contributed by atoms with Crippen LogP contribution in [0.3, 0.4) is 0 Å². The molecule has 1 aromatic rings. The number of rotatable bonds is 1. The molecule has 0 radical (unpaired) electrons. The van der Waals surface area contributed by atoms with E-state index in [-0.39, 0.29) is 0 Å². The van der Waals surface area contributed by atoms with Crippen LogP contribution in [0, 0.1) is 13.8 Å². The van der Waals surface area contributed by atoms with E-state index >= 15 is 0 Å². The van der Waals surface area contributed by atoms with Crippen LogP contribution >= 0.6 is 0 Å². The van der Waals surface area contributed by atoms with Crippen molar-refractivity contribution in [2.45, 2.75) is 25.5 Å². The molecule has 0 atom stereocenters. The molecule has 1 aliphatic rings. The first-order valence-electron chi connectivity index (χ1n) is 5.70.